The highest BCUT2D eigenvalue weighted by Crippen LogP contribution is 2.16. The number of rotatable bonds is 3. The molecule has 0 aliphatic heterocycles. The minimum Gasteiger partial charge on any atom is -0.350 e. The number of benzene rings is 1. The molecule has 112 valence electrons. The molecule has 3 aromatic rings. The molecule has 22 heavy (non-hydrogen) atoms. The molecule has 5 nitrogen and oxygen atoms in total. The van der Waals surface area contributed by atoms with Crippen LogP contribution >= 0.6 is 0 Å². The zero-order chi connectivity index (χ0) is 15.7. The summed E-state index contributed by atoms with van der Waals surface area (Å²) >= 11 is 0. The van der Waals surface area contributed by atoms with Crippen LogP contribution in [0.15, 0.2) is 58.4 Å². The van der Waals surface area contributed by atoms with E-state index in [4.69, 9.17) is 0 Å². The van der Waals surface area contributed by atoms with Gasteiger partial charge < -0.3 is 4.57 Å². The maximum Gasteiger partial charge on any atom is 0.297 e. The Morgan fingerprint density at radius 3 is 2.41 bits per heavy atom. The normalized spacial score (nSPS) is 11.4. The summed E-state index contributed by atoms with van der Waals surface area (Å²) in [5.41, 5.74) is 2.97. The molecule has 2 aromatic heterocycles. The molecule has 0 radical (unpaired) electrons. The summed E-state index contributed by atoms with van der Waals surface area (Å²) in [7, 11) is 3.81. The zero-order valence-corrected chi connectivity index (χ0v) is 12.9. The van der Waals surface area contributed by atoms with Crippen molar-refractivity contribution in [2.75, 3.05) is 0 Å². The number of hydrogen-bond donors (Lipinski definition) is 0. The molecule has 0 saturated carbocycles. The van der Waals surface area contributed by atoms with Gasteiger partial charge in [-0.25, -0.2) is 9.67 Å². The van der Waals surface area contributed by atoms with Gasteiger partial charge in [0.1, 0.15) is 0 Å². The van der Waals surface area contributed by atoms with Gasteiger partial charge in [-0.3, -0.25) is 9.48 Å². The van der Waals surface area contributed by atoms with Crippen molar-refractivity contribution in [3.63, 3.8) is 0 Å². The Bertz CT molecular complexity index is 881. The first kappa shape index (κ1) is 14.1. The predicted octanol–water partition coefficient (Wildman–Crippen LogP) is 2.57. The Labute approximate surface area is 128 Å². The summed E-state index contributed by atoms with van der Waals surface area (Å²) in [5, 5.41) is 0. The SMILES string of the molecule is Cc1c(N=Cc2cccn2C)c(=O)n(-c2ccccc2)n1C. The highest BCUT2D eigenvalue weighted by Gasteiger charge is 2.14. The van der Waals surface area contributed by atoms with E-state index in [1.807, 2.05) is 78.9 Å². The van der Waals surface area contributed by atoms with Crippen LogP contribution in [0.4, 0.5) is 5.69 Å². The Hall–Kier alpha value is -2.82. The van der Waals surface area contributed by atoms with Gasteiger partial charge in [-0.1, -0.05) is 18.2 Å². The van der Waals surface area contributed by atoms with Crippen LogP contribution in [-0.2, 0) is 14.1 Å². The molecular weight excluding hydrogens is 276 g/mol. The van der Waals surface area contributed by atoms with Gasteiger partial charge in [0.05, 0.1) is 23.3 Å². The number of aromatic nitrogens is 3. The van der Waals surface area contributed by atoms with Gasteiger partial charge in [0, 0.05) is 20.3 Å². The average molecular weight is 294 g/mol. The minimum absolute atomic E-state index is 0.114. The van der Waals surface area contributed by atoms with E-state index >= 15 is 0 Å². The van der Waals surface area contributed by atoms with Crippen LogP contribution < -0.4 is 5.56 Å². The van der Waals surface area contributed by atoms with E-state index in [9.17, 15) is 4.79 Å². The molecule has 0 amide bonds. The maximum absolute atomic E-state index is 12.7. The zero-order valence-electron chi connectivity index (χ0n) is 12.9. The second kappa shape index (κ2) is 5.52. The monoisotopic (exact) mass is 294 g/mol. The molecule has 0 fully saturated rings. The summed E-state index contributed by atoms with van der Waals surface area (Å²) in [5.74, 6) is 0. The molecule has 0 bridgehead atoms. The van der Waals surface area contributed by atoms with E-state index in [0.29, 0.717) is 5.69 Å². The Morgan fingerprint density at radius 2 is 1.77 bits per heavy atom. The van der Waals surface area contributed by atoms with Crippen LogP contribution in [0.2, 0.25) is 0 Å². The third kappa shape index (κ3) is 2.30. The van der Waals surface area contributed by atoms with Gasteiger partial charge in [-0.15, -0.1) is 0 Å². The number of aryl methyl sites for hydroxylation is 1. The highest BCUT2D eigenvalue weighted by molar-refractivity contribution is 5.80. The second-order valence-corrected chi connectivity index (χ2v) is 5.21. The Balaban J connectivity index is 2.09. The molecule has 0 spiro atoms. The van der Waals surface area contributed by atoms with Crippen LogP contribution in [0.1, 0.15) is 11.4 Å². The van der Waals surface area contributed by atoms with E-state index in [-0.39, 0.29) is 5.56 Å². The first-order chi connectivity index (χ1) is 10.6. The number of para-hydroxylation sites is 1. The highest BCUT2D eigenvalue weighted by atomic mass is 16.1. The van der Waals surface area contributed by atoms with Gasteiger partial charge in [0.2, 0.25) is 0 Å². The van der Waals surface area contributed by atoms with E-state index < -0.39 is 0 Å². The lowest BCUT2D eigenvalue weighted by molar-refractivity contribution is 0.630. The maximum atomic E-state index is 12.7. The van der Waals surface area contributed by atoms with Crippen LogP contribution in [0.25, 0.3) is 5.69 Å². The molecule has 0 unspecified atom stereocenters. The fourth-order valence-corrected chi connectivity index (χ4v) is 2.44. The van der Waals surface area contributed by atoms with Crippen molar-refractivity contribution in [1.29, 1.82) is 0 Å². The van der Waals surface area contributed by atoms with Crippen molar-refractivity contribution >= 4 is 11.9 Å². The minimum atomic E-state index is -0.114. The molecule has 0 aliphatic rings. The fourth-order valence-electron chi connectivity index (χ4n) is 2.44. The fraction of sp³-hybridized carbons (Fsp3) is 0.176. The molecule has 0 saturated heterocycles. The van der Waals surface area contributed by atoms with Crippen molar-refractivity contribution < 1.29 is 0 Å². The lowest BCUT2D eigenvalue weighted by Crippen LogP contribution is -2.19. The van der Waals surface area contributed by atoms with E-state index in [1.165, 1.54) is 0 Å². The van der Waals surface area contributed by atoms with Crippen LogP contribution in [-0.4, -0.2) is 20.1 Å². The van der Waals surface area contributed by atoms with Gasteiger partial charge >= 0.3 is 0 Å². The van der Waals surface area contributed by atoms with Crippen LogP contribution in [0, 0.1) is 6.92 Å². The lowest BCUT2D eigenvalue weighted by atomic mass is 10.3. The summed E-state index contributed by atoms with van der Waals surface area (Å²) in [6, 6.07) is 13.5. The quantitative estimate of drug-likeness (QED) is 0.685. The van der Waals surface area contributed by atoms with E-state index in [0.717, 1.165) is 17.1 Å². The van der Waals surface area contributed by atoms with Gasteiger partial charge in [-0.2, -0.15) is 0 Å². The number of nitrogens with zero attached hydrogens (tertiary/aromatic N) is 4. The number of hydrogen-bond acceptors (Lipinski definition) is 2. The van der Waals surface area contributed by atoms with Crippen molar-refractivity contribution in [2.24, 2.45) is 19.1 Å². The predicted molar refractivity (Wildman–Crippen MR) is 88.4 cm³/mol. The largest absolute Gasteiger partial charge is 0.350 e. The molecule has 2 heterocycles. The van der Waals surface area contributed by atoms with Crippen molar-refractivity contribution in [3.05, 3.63) is 70.4 Å². The Morgan fingerprint density at radius 1 is 1.05 bits per heavy atom. The summed E-state index contributed by atoms with van der Waals surface area (Å²) in [4.78, 5) is 17.1. The molecule has 1 aromatic carbocycles. The Kier molecular flexibility index (Phi) is 3.55. The summed E-state index contributed by atoms with van der Waals surface area (Å²) < 4.78 is 5.42. The third-order valence-corrected chi connectivity index (χ3v) is 3.83. The van der Waals surface area contributed by atoms with E-state index in [1.54, 1.807) is 10.9 Å². The average Bonchev–Trinajstić information content (AvgIpc) is 3.01. The first-order valence-electron chi connectivity index (χ1n) is 7.09. The van der Waals surface area contributed by atoms with Gasteiger partial charge in [0.15, 0.2) is 5.69 Å². The molecule has 0 atom stereocenters. The summed E-state index contributed by atoms with van der Waals surface area (Å²) in [6.45, 7) is 1.90. The molecule has 5 heteroatoms. The molecule has 0 N–H and O–H groups in total. The lowest BCUT2D eigenvalue weighted by Gasteiger charge is -2.07. The van der Waals surface area contributed by atoms with Crippen molar-refractivity contribution in [3.8, 4) is 5.69 Å². The summed E-state index contributed by atoms with van der Waals surface area (Å²) in [6.07, 6.45) is 3.67. The number of aliphatic imine (C=N–C) groups is 1. The topological polar surface area (TPSA) is 44.2 Å². The van der Waals surface area contributed by atoms with Crippen LogP contribution in [0.3, 0.4) is 0 Å². The second-order valence-electron chi connectivity index (χ2n) is 5.21. The standard InChI is InChI=1S/C17H18N4O/c1-13-16(18-12-15-10-7-11-19(15)2)17(22)21(20(13)3)14-8-5-4-6-9-14/h4-12H,1-3H3. The third-order valence-electron chi connectivity index (χ3n) is 3.83. The molecular formula is C17H18N4O. The van der Waals surface area contributed by atoms with Gasteiger partial charge in [-0.05, 0) is 31.2 Å². The van der Waals surface area contributed by atoms with Crippen molar-refractivity contribution in [2.45, 2.75) is 6.92 Å². The first-order valence-corrected chi connectivity index (χ1v) is 7.09. The smallest absolute Gasteiger partial charge is 0.297 e. The molecule has 3 rings (SSSR count). The van der Waals surface area contributed by atoms with Gasteiger partial charge in [0.25, 0.3) is 5.56 Å². The van der Waals surface area contributed by atoms with Crippen LogP contribution in [0.5, 0.6) is 0 Å². The van der Waals surface area contributed by atoms with E-state index in [2.05, 4.69) is 4.99 Å². The molecule has 0 aliphatic carbocycles. The van der Waals surface area contributed by atoms with Crippen molar-refractivity contribution in [1.82, 2.24) is 13.9 Å².